The molecule has 1 aromatic rings. The summed E-state index contributed by atoms with van der Waals surface area (Å²) in [6.07, 6.45) is 1.91. The van der Waals surface area contributed by atoms with Crippen molar-refractivity contribution in [3.8, 4) is 0 Å². The van der Waals surface area contributed by atoms with Crippen molar-refractivity contribution in [2.24, 2.45) is 5.92 Å². The largest absolute Gasteiger partial charge is 0.480 e. The normalized spacial score (nSPS) is 24.4. The molecule has 0 amide bonds. The molecule has 1 N–H and O–H groups in total. The lowest BCUT2D eigenvalue weighted by Crippen LogP contribution is -2.48. The molecule has 2 rings (SSSR count). The van der Waals surface area contributed by atoms with E-state index in [-0.39, 0.29) is 10.9 Å². The Hall–Kier alpha value is -1.13. The number of carbonyl (C=O) groups is 1. The Labute approximate surface area is 117 Å². The predicted octanol–water partition coefficient (Wildman–Crippen LogP) is 3.16. The van der Waals surface area contributed by atoms with E-state index in [2.05, 4.69) is 0 Å². The first-order valence-electron chi connectivity index (χ1n) is 6.40. The first-order valence-corrected chi connectivity index (χ1v) is 6.77. The Morgan fingerprint density at radius 3 is 2.95 bits per heavy atom. The minimum absolute atomic E-state index is 0.0782. The number of hydrogen-bond donors (Lipinski definition) is 1. The highest BCUT2D eigenvalue weighted by molar-refractivity contribution is 6.30. The van der Waals surface area contributed by atoms with Crippen molar-refractivity contribution in [2.75, 3.05) is 6.54 Å². The number of hydrogen-bond acceptors (Lipinski definition) is 2. The molecule has 1 aliphatic rings. The Bertz CT molecular complexity index is 481. The van der Waals surface area contributed by atoms with Gasteiger partial charge in [-0.05, 0) is 43.0 Å². The highest BCUT2D eigenvalue weighted by Gasteiger charge is 2.33. The number of benzene rings is 1. The summed E-state index contributed by atoms with van der Waals surface area (Å²) in [6, 6.07) is 4.06. The second-order valence-electron chi connectivity index (χ2n) is 5.12. The van der Waals surface area contributed by atoms with Crippen LogP contribution in [0.1, 0.15) is 25.3 Å². The summed E-state index contributed by atoms with van der Waals surface area (Å²) in [5, 5.41) is 9.41. The number of likely N-dealkylation sites (tertiary alicyclic amines) is 1. The molecule has 1 fully saturated rings. The summed E-state index contributed by atoms with van der Waals surface area (Å²) < 4.78 is 13.1. The average Bonchev–Trinajstić information content (AvgIpc) is 2.33. The van der Waals surface area contributed by atoms with Crippen molar-refractivity contribution in [3.63, 3.8) is 0 Å². The van der Waals surface area contributed by atoms with Gasteiger partial charge in [-0.25, -0.2) is 4.39 Å². The van der Waals surface area contributed by atoms with Gasteiger partial charge in [0.1, 0.15) is 11.9 Å². The van der Waals surface area contributed by atoms with Crippen LogP contribution in [0.2, 0.25) is 5.02 Å². The first-order chi connectivity index (χ1) is 8.99. The lowest BCUT2D eigenvalue weighted by atomic mass is 9.90. The molecule has 2 atom stereocenters. The fourth-order valence-electron chi connectivity index (χ4n) is 2.72. The number of halogens is 2. The molecule has 1 aromatic carbocycles. The monoisotopic (exact) mass is 285 g/mol. The van der Waals surface area contributed by atoms with Gasteiger partial charge in [-0.1, -0.05) is 24.6 Å². The molecule has 0 radical (unpaired) electrons. The Morgan fingerprint density at radius 2 is 2.32 bits per heavy atom. The topological polar surface area (TPSA) is 40.5 Å². The van der Waals surface area contributed by atoms with Gasteiger partial charge >= 0.3 is 5.97 Å². The molecule has 0 bridgehead atoms. The third kappa shape index (κ3) is 3.25. The van der Waals surface area contributed by atoms with Gasteiger partial charge in [0.25, 0.3) is 0 Å². The van der Waals surface area contributed by atoms with Crippen LogP contribution in [0.25, 0.3) is 0 Å². The number of rotatable bonds is 3. The van der Waals surface area contributed by atoms with Crippen molar-refractivity contribution in [1.29, 1.82) is 0 Å². The highest BCUT2D eigenvalue weighted by Crippen LogP contribution is 2.26. The minimum Gasteiger partial charge on any atom is -0.480 e. The average molecular weight is 286 g/mol. The molecule has 3 nitrogen and oxygen atoms in total. The summed E-state index contributed by atoms with van der Waals surface area (Å²) in [6.45, 7) is 3.19. The molecule has 0 aromatic heterocycles. The predicted molar refractivity (Wildman–Crippen MR) is 71.6 cm³/mol. The van der Waals surface area contributed by atoms with Crippen molar-refractivity contribution >= 4 is 17.6 Å². The molecule has 19 heavy (non-hydrogen) atoms. The van der Waals surface area contributed by atoms with Crippen LogP contribution in [0.4, 0.5) is 4.39 Å². The lowest BCUT2D eigenvalue weighted by molar-refractivity contribution is -0.147. The van der Waals surface area contributed by atoms with E-state index in [0.29, 0.717) is 6.54 Å². The van der Waals surface area contributed by atoms with Gasteiger partial charge in [0.2, 0.25) is 0 Å². The summed E-state index contributed by atoms with van der Waals surface area (Å²) in [4.78, 5) is 13.3. The van der Waals surface area contributed by atoms with E-state index in [1.54, 1.807) is 12.1 Å². The molecule has 5 heteroatoms. The standard InChI is InChI=1S/C14H17ClFNO2/c1-9-3-2-6-17(13(9)14(18)19)8-10-4-5-12(16)11(15)7-10/h4-5,7,9,13H,2-3,6,8H2,1H3,(H,18,19). The quantitative estimate of drug-likeness (QED) is 0.927. The molecule has 104 valence electrons. The van der Waals surface area contributed by atoms with Crippen molar-refractivity contribution < 1.29 is 14.3 Å². The fourth-order valence-corrected chi connectivity index (χ4v) is 2.93. The molecule has 1 heterocycles. The van der Waals surface area contributed by atoms with Gasteiger partial charge in [-0.15, -0.1) is 0 Å². The van der Waals surface area contributed by atoms with E-state index in [4.69, 9.17) is 11.6 Å². The van der Waals surface area contributed by atoms with Crippen molar-refractivity contribution in [2.45, 2.75) is 32.4 Å². The zero-order valence-electron chi connectivity index (χ0n) is 10.8. The molecule has 1 aliphatic heterocycles. The Morgan fingerprint density at radius 1 is 1.58 bits per heavy atom. The maximum atomic E-state index is 13.1. The maximum Gasteiger partial charge on any atom is 0.321 e. The lowest BCUT2D eigenvalue weighted by Gasteiger charge is -2.37. The summed E-state index contributed by atoms with van der Waals surface area (Å²) in [5.41, 5.74) is 0.840. The SMILES string of the molecule is CC1CCCN(Cc2ccc(F)c(Cl)c2)C1C(=O)O. The summed E-state index contributed by atoms with van der Waals surface area (Å²) in [5.74, 6) is -1.12. The second-order valence-corrected chi connectivity index (χ2v) is 5.53. The number of aliphatic carboxylic acids is 1. The third-order valence-corrected chi connectivity index (χ3v) is 3.95. The third-order valence-electron chi connectivity index (χ3n) is 3.66. The van der Waals surface area contributed by atoms with Crippen molar-refractivity contribution in [3.05, 3.63) is 34.6 Å². The van der Waals surface area contributed by atoms with E-state index in [9.17, 15) is 14.3 Å². The molecule has 0 aliphatic carbocycles. The minimum atomic E-state index is -0.791. The van der Waals surface area contributed by atoms with Gasteiger partial charge in [-0.2, -0.15) is 0 Å². The second kappa shape index (κ2) is 5.88. The summed E-state index contributed by atoms with van der Waals surface area (Å²) >= 11 is 5.75. The van der Waals surface area contributed by atoms with Gasteiger partial charge in [0.05, 0.1) is 5.02 Å². The molecular weight excluding hydrogens is 269 g/mol. The van der Waals surface area contributed by atoms with Crippen LogP contribution in [-0.4, -0.2) is 28.6 Å². The van der Waals surface area contributed by atoms with E-state index < -0.39 is 17.8 Å². The van der Waals surface area contributed by atoms with Crippen LogP contribution in [0.3, 0.4) is 0 Å². The summed E-state index contributed by atoms with van der Waals surface area (Å²) in [7, 11) is 0. The molecular formula is C14H17ClFNO2. The van der Waals surface area contributed by atoms with Crippen molar-refractivity contribution in [1.82, 2.24) is 4.90 Å². The van der Waals surface area contributed by atoms with Crippen LogP contribution >= 0.6 is 11.6 Å². The zero-order chi connectivity index (χ0) is 14.0. The maximum absolute atomic E-state index is 13.1. The number of nitrogens with zero attached hydrogens (tertiary/aromatic N) is 1. The molecule has 2 unspecified atom stereocenters. The van der Waals surface area contributed by atoms with Crippen LogP contribution in [0.5, 0.6) is 0 Å². The molecule has 1 saturated heterocycles. The molecule has 0 saturated carbocycles. The Kier molecular flexibility index (Phi) is 4.42. The smallest absolute Gasteiger partial charge is 0.321 e. The highest BCUT2D eigenvalue weighted by atomic mass is 35.5. The van der Waals surface area contributed by atoms with E-state index in [0.717, 1.165) is 24.9 Å². The van der Waals surface area contributed by atoms with Gasteiger partial charge < -0.3 is 5.11 Å². The van der Waals surface area contributed by atoms with E-state index in [1.807, 2.05) is 11.8 Å². The van der Waals surface area contributed by atoms with E-state index in [1.165, 1.54) is 6.07 Å². The van der Waals surface area contributed by atoms with Crippen LogP contribution in [-0.2, 0) is 11.3 Å². The molecule has 0 spiro atoms. The van der Waals surface area contributed by atoms with E-state index >= 15 is 0 Å². The van der Waals surface area contributed by atoms with Crippen LogP contribution in [0, 0.1) is 11.7 Å². The number of carboxylic acid groups (broad SMARTS) is 1. The van der Waals surface area contributed by atoms with Gasteiger partial charge in [0.15, 0.2) is 0 Å². The van der Waals surface area contributed by atoms with Crippen LogP contribution < -0.4 is 0 Å². The van der Waals surface area contributed by atoms with Gasteiger partial charge in [-0.3, -0.25) is 9.69 Å². The zero-order valence-corrected chi connectivity index (χ0v) is 11.5. The first kappa shape index (κ1) is 14.3. The van der Waals surface area contributed by atoms with Gasteiger partial charge in [0, 0.05) is 6.54 Å². The van der Waals surface area contributed by atoms with Crippen LogP contribution in [0.15, 0.2) is 18.2 Å². The fraction of sp³-hybridized carbons (Fsp3) is 0.500. The number of piperidine rings is 1. The Balaban J connectivity index is 2.15. The number of carboxylic acids is 1.